The first kappa shape index (κ1) is 9.32. The van der Waals surface area contributed by atoms with E-state index in [-0.39, 0.29) is 0 Å². The van der Waals surface area contributed by atoms with Gasteiger partial charge in [0, 0.05) is 0 Å². The summed E-state index contributed by atoms with van der Waals surface area (Å²) in [4.78, 5) is 0. The Hall–Kier alpha value is -1.24. The highest BCUT2D eigenvalue weighted by Gasteiger charge is 2.13. The fraction of sp³-hybridized carbons (Fsp3) is 0.385. The molecule has 0 bridgehead atoms. The van der Waals surface area contributed by atoms with E-state index < -0.39 is 0 Å². The van der Waals surface area contributed by atoms with Gasteiger partial charge in [0.2, 0.25) is 0 Å². The minimum atomic E-state index is 0.969. The zero-order valence-corrected chi connectivity index (χ0v) is 9.05. The summed E-state index contributed by atoms with van der Waals surface area (Å²) in [6.07, 6.45) is 2.34. The van der Waals surface area contributed by atoms with Crippen molar-refractivity contribution in [3.63, 3.8) is 0 Å². The van der Waals surface area contributed by atoms with E-state index in [0.29, 0.717) is 0 Å². The van der Waals surface area contributed by atoms with Crippen molar-refractivity contribution in [2.24, 2.45) is 0 Å². The third-order valence-corrected chi connectivity index (χ3v) is 3.13. The largest absolute Gasteiger partial charge is 0.497 e. The highest BCUT2D eigenvalue weighted by Crippen LogP contribution is 2.32. The lowest BCUT2D eigenvalue weighted by atomic mass is 9.87. The van der Waals surface area contributed by atoms with E-state index in [0.717, 1.165) is 12.2 Å². The normalized spacial score (nSPS) is 15.4. The second-order valence-electron chi connectivity index (χ2n) is 3.93. The molecule has 0 amide bonds. The van der Waals surface area contributed by atoms with Gasteiger partial charge in [-0.3, -0.25) is 0 Å². The first-order valence-electron chi connectivity index (χ1n) is 5.06. The number of hydrogen-bond donors (Lipinski definition) is 0. The Morgan fingerprint density at radius 3 is 2.64 bits per heavy atom. The number of allylic oxidation sites excluding steroid dienone is 2. The van der Waals surface area contributed by atoms with Crippen LogP contribution < -0.4 is 4.74 Å². The molecule has 0 heterocycles. The third kappa shape index (κ3) is 1.43. The standard InChI is InChI=1S/C13H16O/c1-9-4-5-11-8-12(14-3)6-7-13(11)10(9)2/h6-8H,4-5H2,1-3H3. The van der Waals surface area contributed by atoms with Gasteiger partial charge in [-0.05, 0) is 55.5 Å². The van der Waals surface area contributed by atoms with Crippen LogP contribution in [-0.2, 0) is 6.42 Å². The Labute approximate surface area is 85.4 Å². The first-order valence-corrected chi connectivity index (χ1v) is 5.06. The molecule has 1 aromatic rings. The lowest BCUT2D eigenvalue weighted by Crippen LogP contribution is -2.02. The predicted octanol–water partition coefficient (Wildman–Crippen LogP) is 3.43. The van der Waals surface area contributed by atoms with Crippen LogP contribution in [0.5, 0.6) is 5.75 Å². The first-order chi connectivity index (χ1) is 6.72. The molecule has 2 rings (SSSR count). The molecule has 1 nitrogen and oxygen atoms in total. The molecule has 0 atom stereocenters. The molecule has 1 heteroatoms. The van der Waals surface area contributed by atoms with Gasteiger partial charge in [-0.15, -0.1) is 0 Å². The van der Waals surface area contributed by atoms with Crippen LogP contribution in [-0.4, -0.2) is 7.11 Å². The maximum atomic E-state index is 5.23. The molecule has 14 heavy (non-hydrogen) atoms. The molecule has 0 aromatic heterocycles. The monoisotopic (exact) mass is 188 g/mol. The van der Waals surface area contributed by atoms with E-state index in [1.54, 1.807) is 7.11 Å². The number of rotatable bonds is 1. The Bertz CT molecular complexity index is 388. The van der Waals surface area contributed by atoms with Crippen LogP contribution in [0.4, 0.5) is 0 Å². The zero-order valence-electron chi connectivity index (χ0n) is 9.05. The molecule has 1 aliphatic carbocycles. The Morgan fingerprint density at radius 1 is 1.14 bits per heavy atom. The molecule has 1 aliphatic rings. The van der Waals surface area contributed by atoms with Gasteiger partial charge in [-0.1, -0.05) is 11.6 Å². The lowest BCUT2D eigenvalue weighted by Gasteiger charge is -2.19. The summed E-state index contributed by atoms with van der Waals surface area (Å²) in [5.41, 5.74) is 5.78. The number of fused-ring (bicyclic) bond motifs is 1. The quantitative estimate of drug-likeness (QED) is 0.656. The van der Waals surface area contributed by atoms with Gasteiger partial charge in [-0.25, -0.2) is 0 Å². The maximum Gasteiger partial charge on any atom is 0.119 e. The number of hydrogen-bond acceptors (Lipinski definition) is 1. The van der Waals surface area contributed by atoms with Gasteiger partial charge in [0.15, 0.2) is 0 Å². The van der Waals surface area contributed by atoms with Crippen molar-refractivity contribution in [2.45, 2.75) is 26.7 Å². The fourth-order valence-corrected chi connectivity index (χ4v) is 2.01. The molecule has 1 aromatic carbocycles. The summed E-state index contributed by atoms with van der Waals surface area (Å²) >= 11 is 0. The van der Waals surface area contributed by atoms with Gasteiger partial charge in [-0.2, -0.15) is 0 Å². The summed E-state index contributed by atoms with van der Waals surface area (Å²) in [6.45, 7) is 4.43. The number of benzene rings is 1. The van der Waals surface area contributed by atoms with E-state index >= 15 is 0 Å². The van der Waals surface area contributed by atoms with Crippen LogP contribution in [0.15, 0.2) is 23.8 Å². The molecule has 0 radical (unpaired) electrons. The number of aryl methyl sites for hydroxylation is 1. The molecular weight excluding hydrogens is 172 g/mol. The molecular formula is C13H16O. The Morgan fingerprint density at radius 2 is 1.93 bits per heavy atom. The van der Waals surface area contributed by atoms with Gasteiger partial charge < -0.3 is 4.74 Å². The Balaban J connectivity index is 2.51. The molecule has 0 saturated heterocycles. The van der Waals surface area contributed by atoms with Crippen molar-refractivity contribution >= 4 is 5.57 Å². The van der Waals surface area contributed by atoms with E-state index in [4.69, 9.17) is 4.74 Å². The fourth-order valence-electron chi connectivity index (χ4n) is 2.01. The molecule has 0 unspecified atom stereocenters. The highest BCUT2D eigenvalue weighted by molar-refractivity contribution is 5.71. The molecule has 0 fully saturated rings. The highest BCUT2D eigenvalue weighted by atomic mass is 16.5. The van der Waals surface area contributed by atoms with Crippen molar-refractivity contribution in [3.8, 4) is 5.75 Å². The second kappa shape index (κ2) is 3.49. The Kier molecular flexibility index (Phi) is 2.32. The maximum absolute atomic E-state index is 5.23. The topological polar surface area (TPSA) is 9.23 Å². The van der Waals surface area contributed by atoms with Crippen molar-refractivity contribution < 1.29 is 4.74 Å². The van der Waals surface area contributed by atoms with E-state index in [1.165, 1.54) is 28.7 Å². The van der Waals surface area contributed by atoms with Crippen LogP contribution in [0.1, 0.15) is 31.4 Å². The van der Waals surface area contributed by atoms with Crippen LogP contribution in [0, 0.1) is 0 Å². The molecule has 74 valence electrons. The lowest BCUT2D eigenvalue weighted by molar-refractivity contribution is 0.414. The summed E-state index contributed by atoms with van der Waals surface area (Å²) in [6, 6.07) is 6.37. The number of methoxy groups -OCH3 is 1. The number of ether oxygens (including phenoxy) is 1. The van der Waals surface area contributed by atoms with Crippen LogP contribution in [0.3, 0.4) is 0 Å². The zero-order chi connectivity index (χ0) is 10.1. The van der Waals surface area contributed by atoms with Crippen molar-refractivity contribution in [2.75, 3.05) is 7.11 Å². The van der Waals surface area contributed by atoms with E-state index in [9.17, 15) is 0 Å². The van der Waals surface area contributed by atoms with Gasteiger partial charge in [0.25, 0.3) is 0 Å². The van der Waals surface area contributed by atoms with E-state index in [1.807, 2.05) is 6.07 Å². The van der Waals surface area contributed by atoms with Crippen molar-refractivity contribution in [1.29, 1.82) is 0 Å². The average molecular weight is 188 g/mol. The third-order valence-electron chi connectivity index (χ3n) is 3.13. The predicted molar refractivity (Wildman–Crippen MR) is 59.6 cm³/mol. The van der Waals surface area contributed by atoms with E-state index in [2.05, 4.69) is 26.0 Å². The summed E-state index contributed by atoms with van der Waals surface area (Å²) in [5.74, 6) is 0.969. The second-order valence-corrected chi connectivity index (χ2v) is 3.93. The summed E-state index contributed by atoms with van der Waals surface area (Å²) < 4.78 is 5.23. The van der Waals surface area contributed by atoms with Crippen molar-refractivity contribution in [1.82, 2.24) is 0 Å². The molecule has 0 N–H and O–H groups in total. The SMILES string of the molecule is COc1ccc2c(c1)CCC(C)=C2C. The van der Waals surface area contributed by atoms with Crippen LogP contribution in [0.25, 0.3) is 5.57 Å². The minimum absolute atomic E-state index is 0.969. The average Bonchev–Trinajstić information content (AvgIpc) is 2.23. The van der Waals surface area contributed by atoms with Crippen molar-refractivity contribution in [3.05, 3.63) is 34.9 Å². The molecule has 0 spiro atoms. The molecule has 0 aliphatic heterocycles. The van der Waals surface area contributed by atoms with Crippen LogP contribution in [0.2, 0.25) is 0 Å². The smallest absolute Gasteiger partial charge is 0.119 e. The summed E-state index contributed by atoms with van der Waals surface area (Å²) in [7, 11) is 1.72. The van der Waals surface area contributed by atoms with Gasteiger partial charge >= 0.3 is 0 Å². The van der Waals surface area contributed by atoms with Gasteiger partial charge in [0.05, 0.1) is 7.11 Å². The summed E-state index contributed by atoms with van der Waals surface area (Å²) in [5, 5.41) is 0. The van der Waals surface area contributed by atoms with Crippen LogP contribution >= 0.6 is 0 Å². The minimum Gasteiger partial charge on any atom is -0.497 e. The molecule has 0 saturated carbocycles. The van der Waals surface area contributed by atoms with Gasteiger partial charge in [0.1, 0.15) is 5.75 Å².